The van der Waals surface area contributed by atoms with Gasteiger partial charge in [0, 0.05) is 23.1 Å². The zero-order valence-corrected chi connectivity index (χ0v) is 21.9. The van der Waals surface area contributed by atoms with E-state index in [4.69, 9.17) is 22.1 Å². The van der Waals surface area contributed by atoms with Crippen LogP contribution >= 0.6 is 11.6 Å². The van der Waals surface area contributed by atoms with Crippen LogP contribution in [0.2, 0.25) is 5.02 Å². The fourth-order valence-electron chi connectivity index (χ4n) is 3.44. The highest BCUT2D eigenvalue weighted by Crippen LogP contribution is 2.26. The molecule has 37 heavy (non-hydrogen) atoms. The highest BCUT2D eigenvalue weighted by molar-refractivity contribution is 6.30. The average molecular weight is 524 g/mol. The van der Waals surface area contributed by atoms with Crippen LogP contribution in [0.1, 0.15) is 50.3 Å². The number of ether oxygens (including phenoxy) is 1. The number of nitriles is 1. The van der Waals surface area contributed by atoms with Crippen molar-refractivity contribution in [2.75, 3.05) is 0 Å². The summed E-state index contributed by atoms with van der Waals surface area (Å²) in [6.45, 7) is 7.09. The van der Waals surface area contributed by atoms with Crippen molar-refractivity contribution < 1.29 is 14.5 Å². The molecule has 2 unspecified atom stereocenters. The van der Waals surface area contributed by atoms with Crippen molar-refractivity contribution in [3.05, 3.63) is 98.7 Å². The Balaban J connectivity index is 0.00000235. The number of benzene rings is 2. The number of hydrogen-bond acceptors (Lipinski definition) is 7. The molecular formula is C27H30ClN5O4. The second-order valence-corrected chi connectivity index (χ2v) is 8.83. The fourth-order valence-corrected chi connectivity index (χ4v) is 3.57. The van der Waals surface area contributed by atoms with E-state index < -0.39 is 22.6 Å². The number of halogens is 1. The van der Waals surface area contributed by atoms with E-state index in [2.05, 4.69) is 16.4 Å². The monoisotopic (exact) mass is 523 g/mol. The van der Waals surface area contributed by atoms with E-state index in [1.807, 2.05) is 32.0 Å². The molecule has 1 amide bonds. The molecular weight excluding hydrogens is 494 g/mol. The molecule has 3 rings (SSSR count). The largest absolute Gasteiger partial charge is 0.462 e. The zero-order chi connectivity index (χ0) is 27.6. The van der Waals surface area contributed by atoms with Crippen LogP contribution in [0, 0.1) is 21.4 Å². The summed E-state index contributed by atoms with van der Waals surface area (Å²) >= 11 is 6.01. The number of nitrogens with one attached hydrogen (secondary N) is 1. The third-order valence-corrected chi connectivity index (χ3v) is 5.63. The molecule has 0 saturated carbocycles. The van der Waals surface area contributed by atoms with Crippen molar-refractivity contribution in [3.63, 3.8) is 0 Å². The number of carbonyl (C=O) groups is 1. The first kappa shape index (κ1) is 29.2. The molecule has 9 nitrogen and oxygen atoms in total. The van der Waals surface area contributed by atoms with Crippen LogP contribution in [0.15, 0.2) is 66.9 Å². The first-order chi connectivity index (χ1) is 17.6. The first-order valence-electron chi connectivity index (χ1n) is 11.7. The van der Waals surface area contributed by atoms with E-state index in [9.17, 15) is 20.2 Å². The molecule has 0 aliphatic carbocycles. The summed E-state index contributed by atoms with van der Waals surface area (Å²) in [5.74, 6) is -0.798. The van der Waals surface area contributed by atoms with Gasteiger partial charge in [-0.2, -0.15) is 5.26 Å². The molecule has 2 atom stereocenters. The lowest BCUT2D eigenvalue weighted by Gasteiger charge is -2.30. The third-order valence-electron chi connectivity index (χ3n) is 5.38. The van der Waals surface area contributed by atoms with Gasteiger partial charge in [-0.1, -0.05) is 49.7 Å². The number of hydrogen-bond donors (Lipinski definition) is 2. The Bertz CT molecular complexity index is 1240. The van der Waals surface area contributed by atoms with Crippen molar-refractivity contribution >= 4 is 23.2 Å². The van der Waals surface area contributed by atoms with Gasteiger partial charge in [-0.15, -0.1) is 0 Å². The van der Waals surface area contributed by atoms with Crippen LogP contribution in [0.3, 0.4) is 0 Å². The van der Waals surface area contributed by atoms with Crippen LogP contribution < -0.4 is 15.8 Å². The highest BCUT2D eigenvalue weighted by atomic mass is 35.5. The van der Waals surface area contributed by atoms with Gasteiger partial charge in [0.15, 0.2) is 5.60 Å². The molecule has 1 aromatic heterocycles. The Morgan fingerprint density at radius 2 is 1.89 bits per heavy atom. The van der Waals surface area contributed by atoms with Gasteiger partial charge in [-0.05, 0) is 55.7 Å². The van der Waals surface area contributed by atoms with Gasteiger partial charge in [0.1, 0.15) is 6.20 Å². The number of nitro groups is 1. The number of nitrogens with two attached hydrogens (primary N) is 1. The maximum Gasteiger partial charge on any atom is 0.287 e. The van der Waals surface area contributed by atoms with Crippen LogP contribution in [-0.2, 0) is 11.2 Å². The summed E-state index contributed by atoms with van der Waals surface area (Å²) in [4.78, 5) is 27.2. The van der Waals surface area contributed by atoms with Crippen LogP contribution in [0.25, 0.3) is 0 Å². The zero-order valence-electron chi connectivity index (χ0n) is 21.1. The van der Waals surface area contributed by atoms with Crippen LogP contribution in [0.4, 0.5) is 5.69 Å². The lowest BCUT2D eigenvalue weighted by atomic mass is 9.88. The Morgan fingerprint density at radius 3 is 2.46 bits per heavy atom. The molecule has 3 N–H and O–H groups in total. The second-order valence-electron chi connectivity index (χ2n) is 8.40. The summed E-state index contributed by atoms with van der Waals surface area (Å²) in [6.07, 6.45) is 0.720. The number of rotatable bonds is 9. The van der Waals surface area contributed by atoms with Crippen molar-refractivity contribution in [1.29, 1.82) is 5.26 Å². The first-order valence-corrected chi connectivity index (χ1v) is 12.1. The van der Waals surface area contributed by atoms with Crippen molar-refractivity contribution in [1.82, 2.24) is 10.3 Å². The molecule has 1 heterocycles. The summed E-state index contributed by atoms with van der Waals surface area (Å²) < 4.78 is 5.69. The van der Waals surface area contributed by atoms with Crippen molar-refractivity contribution in [3.8, 4) is 11.9 Å². The molecule has 10 heteroatoms. The summed E-state index contributed by atoms with van der Waals surface area (Å²) in [7, 11) is 0. The molecule has 3 aromatic rings. The molecule has 0 fully saturated rings. The summed E-state index contributed by atoms with van der Waals surface area (Å²) in [5, 5.41) is 23.5. The van der Waals surface area contributed by atoms with Gasteiger partial charge < -0.3 is 15.8 Å². The van der Waals surface area contributed by atoms with E-state index in [1.54, 1.807) is 44.2 Å². The Morgan fingerprint density at radius 1 is 1.22 bits per heavy atom. The molecule has 2 aromatic carbocycles. The molecule has 0 aliphatic rings. The van der Waals surface area contributed by atoms with E-state index >= 15 is 0 Å². The Labute approximate surface area is 221 Å². The molecule has 0 aliphatic heterocycles. The van der Waals surface area contributed by atoms with E-state index in [0.29, 0.717) is 17.0 Å². The van der Waals surface area contributed by atoms with Crippen LogP contribution in [0.5, 0.6) is 5.88 Å². The minimum Gasteiger partial charge on any atom is -0.462 e. The predicted molar refractivity (Wildman–Crippen MR) is 142 cm³/mol. The summed E-state index contributed by atoms with van der Waals surface area (Å²) in [5.41, 5.74) is 7.14. The molecule has 0 spiro atoms. The minimum absolute atomic E-state index is 0.0590. The topological polar surface area (TPSA) is 144 Å². The average Bonchev–Trinajstić information content (AvgIpc) is 2.89. The van der Waals surface area contributed by atoms with Gasteiger partial charge in [-0.25, -0.2) is 4.98 Å². The van der Waals surface area contributed by atoms with E-state index in [-0.39, 0.29) is 17.5 Å². The van der Waals surface area contributed by atoms with Crippen molar-refractivity contribution in [2.24, 2.45) is 5.73 Å². The molecule has 194 valence electrons. The maximum atomic E-state index is 13.1. The SMILES string of the molecule is CC.CC(C)(Oc1ccc([N+](=O)[O-])cn1)C(=O)NC(N)C(Cc1ccc(Cl)cc1)c1cccc(C#N)c1. The van der Waals surface area contributed by atoms with Gasteiger partial charge >= 0.3 is 0 Å². The molecule has 0 bridgehead atoms. The van der Waals surface area contributed by atoms with E-state index in [1.165, 1.54) is 12.1 Å². The lowest BCUT2D eigenvalue weighted by molar-refractivity contribution is -0.385. The molecule has 0 radical (unpaired) electrons. The minimum atomic E-state index is -1.37. The van der Waals surface area contributed by atoms with E-state index in [0.717, 1.165) is 17.3 Å². The molecule has 0 saturated heterocycles. The third kappa shape index (κ3) is 8.27. The number of nitrogens with zero attached hydrogens (tertiary/aromatic N) is 3. The van der Waals surface area contributed by atoms with Gasteiger partial charge in [0.25, 0.3) is 11.6 Å². The lowest BCUT2D eigenvalue weighted by Crippen LogP contribution is -2.55. The Kier molecular flexibility index (Phi) is 10.5. The predicted octanol–water partition coefficient (Wildman–Crippen LogP) is 5.13. The standard InChI is InChI=1S/C25H24ClN5O4.C2H6/c1-25(2,35-22-11-10-20(15-29-22)31(33)34)24(32)30-23(28)21(13-16-6-8-19(26)9-7-16)18-5-3-4-17(12-18)14-27;1-2/h3-12,15,21,23H,13,28H2,1-2H3,(H,30,32);1-2H3. The maximum absolute atomic E-state index is 13.1. The quantitative estimate of drug-likeness (QED) is 0.225. The Hall–Kier alpha value is -4.00. The number of aromatic nitrogens is 1. The normalized spacial score (nSPS) is 12.2. The van der Waals surface area contributed by atoms with Gasteiger partial charge in [0.05, 0.1) is 22.7 Å². The highest BCUT2D eigenvalue weighted by Gasteiger charge is 2.33. The van der Waals surface area contributed by atoms with Gasteiger partial charge in [0.2, 0.25) is 5.88 Å². The summed E-state index contributed by atoms with van der Waals surface area (Å²) in [6, 6.07) is 19.1. The van der Waals surface area contributed by atoms with Crippen molar-refractivity contribution in [2.45, 2.75) is 51.8 Å². The number of pyridine rings is 1. The fraction of sp³-hybridized carbons (Fsp3) is 0.296. The van der Waals surface area contributed by atoms with Gasteiger partial charge in [-0.3, -0.25) is 14.9 Å². The number of carbonyl (C=O) groups excluding carboxylic acids is 1. The second kappa shape index (κ2) is 13.3. The number of amides is 1. The van der Waals surface area contributed by atoms with Crippen LogP contribution in [-0.4, -0.2) is 27.6 Å². The smallest absolute Gasteiger partial charge is 0.287 e.